The van der Waals surface area contributed by atoms with Gasteiger partial charge in [0.25, 0.3) is 0 Å². The van der Waals surface area contributed by atoms with Crippen LogP contribution in [0.4, 0.5) is 11.4 Å². The van der Waals surface area contributed by atoms with Crippen molar-refractivity contribution in [3.05, 3.63) is 64.3 Å². The molecule has 0 unspecified atom stereocenters. The number of rotatable bonds is 2. The fourth-order valence-corrected chi connectivity index (χ4v) is 2.79. The number of halogens is 1. The Morgan fingerprint density at radius 3 is 2.70 bits per heavy atom. The molecule has 0 amide bonds. The third-order valence-electron chi connectivity index (χ3n) is 3.56. The minimum absolute atomic E-state index is 0.913. The van der Waals surface area contributed by atoms with Crippen LogP contribution in [0.5, 0.6) is 0 Å². The zero-order valence-corrected chi connectivity index (χ0v) is 13.3. The highest BCUT2D eigenvalue weighted by Crippen LogP contribution is 2.29. The van der Waals surface area contributed by atoms with Crippen molar-refractivity contribution in [3.8, 4) is 0 Å². The number of anilines is 2. The SMILES string of the molecule is CN(C)c1ccc2c(c1)C=CN(c1cccc(Br)c1)C2. The molecule has 2 nitrogen and oxygen atoms in total. The molecule has 3 rings (SSSR count). The van der Waals surface area contributed by atoms with Crippen LogP contribution >= 0.6 is 15.9 Å². The Balaban J connectivity index is 1.90. The Morgan fingerprint density at radius 1 is 1.10 bits per heavy atom. The van der Waals surface area contributed by atoms with E-state index in [1.807, 2.05) is 0 Å². The summed E-state index contributed by atoms with van der Waals surface area (Å²) in [5, 5.41) is 0. The molecule has 0 aromatic heterocycles. The first-order chi connectivity index (χ1) is 9.63. The highest BCUT2D eigenvalue weighted by atomic mass is 79.9. The van der Waals surface area contributed by atoms with Crippen molar-refractivity contribution >= 4 is 33.4 Å². The summed E-state index contributed by atoms with van der Waals surface area (Å²) >= 11 is 3.53. The van der Waals surface area contributed by atoms with E-state index in [-0.39, 0.29) is 0 Å². The Bertz CT molecular complexity index is 662. The second kappa shape index (κ2) is 5.33. The van der Waals surface area contributed by atoms with Gasteiger partial charge in [0.2, 0.25) is 0 Å². The third kappa shape index (κ3) is 2.59. The van der Waals surface area contributed by atoms with E-state index in [0.29, 0.717) is 0 Å². The first kappa shape index (κ1) is 13.3. The molecule has 0 saturated heterocycles. The van der Waals surface area contributed by atoms with Gasteiger partial charge in [-0.2, -0.15) is 0 Å². The maximum atomic E-state index is 3.53. The number of hydrogen-bond acceptors (Lipinski definition) is 2. The molecule has 2 aromatic rings. The van der Waals surface area contributed by atoms with Crippen LogP contribution in [0.2, 0.25) is 0 Å². The van der Waals surface area contributed by atoms with E-state index in [2.05, 4.69) is 94.6 Å². The van der Waals surface area contributed by atoms with Gasteiger partial charge in [0.1, 0.15) is 0 Å². The third-order valence-corrected chi connectivity index (χ3v) is 4.05. The summed E-state index contributed by atoms with van der Waals surface area (Å²) < 4.78 is 1.11. The van der Waals surface area contributed by atoms with Gasteiger partial charge in [-0.3, -0.25) is 0 Å². The second-order valence-electron chi connectivity index (χ2n) is 5.20. The monoisotopic (exact) mass is 328 g/mol. The Labute approximate surface area is 128 Å². The largest absolute Gasteiger partial charge is 0.378 e. The van der Waals surface area contributed by atoms with Crippen LogP contribution in [0.1, 0.15) is 11.1 Å². The molecule has 0 radical (unpaired) electrons. The van der Waals surface area contributed by atoms with E-state index in [9.17, 15) is 0 Å². The summed E-state index contributed by atoms with van der Waals surface area (Å²) in [5.74, 6) is 0. The molecule has 1 aliphatic heterocycles. The number of hydrogen-bond donors (Lipinski definition) is 0. The molecule has 0 atom stereocenters. The van der Waals surface area contributed by atoms with E-state index in [1.165, 1.54) is 22.5 Å². The fourth-order valence-electron chi connectivity index (χ4n) is 2.40. The van der Waals surface area contributed by atoms with Gasteiger partial charge < -0.3 is 9.80 Å². The molecule has 1 aliphatic rings. The van der Waals surface area contributed by atoms with Gasteiger partial charge in [-0.15, -0.1) is 0 Å². The van der Waals surface area contributed by atoms with Crippen LogP contribution in [0.3, 0.4) is 0 Å². The zero-order valence-electron chi connectivity index (χ0n) is 11.7. The lowest BCUT2D eigenvalue weighted by molar-refractivity contribution is 0.952. The first-order valence-corrected chi connectivity index (χ1v) is 7.43. The quantitative estimate of drug-likeness (QED) is 0.800. The van der Waals surface area contributed by atoms with Gasteiger partial charge in [-0.25, -0.2) is 0 Å². The Kier molecular flexibility index (Phi) is 3.53. The molecule has 2 aromatic carbocycles. The summed E-state index contributed by atoms with van der Waals surface area (Å²) in [5.41, 5.74) is 5.11. The van der Waals surface area contributed by atoms with Crippen molar-refractivity contribution in [3.63, 3.8) is 0 Å². The standard InChI is InChI=1S/C17H17BrN2/c1-19(2)16-7-6-14-12-20(9-8-13(14)10-16)17-5-3-4-15(18)11-17/h3-11H,12H2,1-2H3. The van der Waals surface area contributed by atoms with Gasteiger partial charge in [0, 0.05) is 42.7 Å². The normalized spacial score (nSPS) is 13.2. The highest BCUT2D eigenvalue weighted by Gasteiger charge is 2.13. The van der Waals surface area contributed by atoms with E-state index < -0.39 is 0 Å². The summed E-state index contributed by atoms with van der Waals surface area (Å²) in [6.07, 6.45) is 4.34. The van der Waals surface area contributed by atoms with Crippen molar-refractivity contribution in [2.45, 2.75) is 6.54 Å². The van der Waals surface area contributed by atoms with Gasteiger partial charge in [-0.05, 0) is 47.5 Å². The Hall–Kier alpha value is -1.74. The molecule has 3 heteroatoms. The average molecular weight is 329 g/mol. The van der Waals surface area contributed by atoms with E-state index in [1.54, 1.807) is 0 Å². The zero-order chi connectivity index (χ0) is 14.1. The molecule has 20 heavy (non-hydrogen) atoms. The molecule has 0 N–H and O–H groups in total. The number of fused-ring (bicyclic) bond motifs is 1. The maximum Gasteiger partial charge on any atom is 0.0481 e. The van der Waals surface area contributed by atoms with Gasteiger partial charge >= 0.3 is 0 Å². The van der Waals surface area contributed by atoms with E-state index in [4.69, 9.17) is 0 Å². The summed E-state index contributed by atoms with van der Waals surface area (Å²) in [6.45, 7) is 0.913. The van der Waals surface area contributed by atoms with Crippen molar-refractivity contribution in [1.29, 1.82) is 0 Å². The van der Waals surface area contributed by atoms with Crippen molar-refractivity contribution in [2.75, 3.05) is 23.9 Å². The lowest BCUT2D eigenvalue weighted by Crippen LogP contribution is -2.19. The molecule has 0 aliphatic carbocycles. The minimum Gasteiger partial charge on any atom is -0.378 e. The predicted molar refractivity (Wildman–Crippen MR) is 90.1 cm³/mol. The van der Waals surface area contributed by atoms with Gasteiger partial charge in [0.05, 0.1) is 0 Å². The number of benzene rings is 2. The van der Waals surface area contributed by atoms with Crippen molar-refractivity contribution in [2.24, 2.45) is 0 Å². The maximum absolute atomic E-state index is 3.53. The Morgan fingerprint density at radius 2 is 1.95 bits per heavy atom. The van der Waals surface area contributed by atoms with E-state index >= 15 is 0 Å². The van der Waals surface area contributed by atoms with Gasteiger partial charge in [0.15, 0.2) is 0 Å². The first-order valence-electron chi connectivity index (χ1n) is 6.64. The summed E-state index contributed by atoms with van der Waals surface area (Å²) in [7, 11) is 4.14. The van der Waals surface area contributed by atoms with E-state index in [0.717, 1.165) is 11.0 Å². The highest BCUT2D eigenvalue weighted by molar-refractivity contribution is 9.10. The minimum atomic E-state index is 0.913. The molecule has 0 spiro atoms. The lowest BCUT2D eigenvalue weighted by Gasteiger charge is -2.26. The van der Waals surface area contributed by atoms with Crippen LogP contribution in [0, 0.1) is 0 Å². The summed E-state index contributed by atoms with van der Waals surface area (Å²) in [6, 6.07) is 15.0. The van der Waals surface area contributed by atoms with Gasteiger partial charge in [-0.1, -0.05) is 28.1 Å². The van der Waals surface area contributed by atoms with Crippen LogP contribution < -0.4 is 9.80 Å². The summed E-state index contributed by atoms with van der Waals surface area (Å²) in [4.78, 5) is 4.40. The molecule has 0 fully saturated rings. The molecular weight excluding hydrogens is 312 g/mol. The fraction of sp³-hybridized carbons (Fsp3) is 0.176. The molecule has 0 saturated carbocycles. The predicted octanol–water partition coefficient (Wildman–Crippen LogP) is 4.51. The smallest absolute Gasteiger partial charge is 0.0481 e. The van der Waals surface area contributed by atoms with Crippen LogP contribution in [-0.2, 0) is 6.54 Å². The second-order valence-corrected chi connectivity index (χ2v) is 6.12. The average Bonchev–Trinajstić information content (AvgIpc) is 2.46. The molecule has 1 heterocycles. The van der Waals surface area contributed by atoms with Crippen molar-refractivity contribution in [1.82, 2.24) is 0 Å². The van der Waals surface area contributed by atoms with Crippen LogP contribution in [0.25, 0.3) is 6.08 Å². The van der Waals surface area contributed by atoms with Crippen LogP contribution in [-0.4, -0.2) is 14.1 Å². The number of nitrogens with zero attached hydrogens (tertiary/aromatic N) is 2. The molecule has 0 bridgehead atoms. The molecular formula is C17H17BrN2. The van der Waals surface area contributed by atoms with Crippen LogP contribution in [0.15, 0.2) is 53.1 Å². The molecule has 102 valence electrons. The lowest BCUT2D eigenvalue weighted by atomic mass is 10.0. The van der Waals surface area contributed by atoms with Crippen molar-refractivity contribution < 1.29 is 0 Å². The topological polar surface area (TPSA) is 6.48 Å².